The second-order valence-corrected chi connectivity index (χ2v) is 8.00. The van der Waals surface area contributed by atoms with Gasteiger partial charge in [-0.1, -0.05) is 12.1 Å². The summed E-state index contributed by atoms with van der Waals surface area (Å²) >= 11 is 1.63. The summed E-state index contributed by atoms with van der Waals surface area (Å²) in [5.74, 6) is -0.188. The van der Waals surface area contributed by atoms with E-state index in [-0.39, 0.29) is 24.3 Å². The Morgan fingerprint density at radius 2 is 1.88 bits per heavy atom. The van der Waals surface area contributed by atoms with Gasteiger partial charge in [0, 0.05) is 4.70 Å². The van der Waals surface area contributed by atoms with E-state index in [1.807, 2.05) is 52.1 Å². The van der Waals surface area contributed by atoms with E-state index in [1.54, 1.807) is 11.3 Å². The summed E-state index contributed by atoms with van der Waals surface area (Å²) in [4.78, 5) is 11.7. The smallest absolute Gasteiger partial charge is 0.466 e. The highest BCUT2D eigenvalue weighted by Crippen LogP contribution is 2.37. The van der Waals surface area contributed by atoms with Gasteiger partial charge in [-0.15, -0.1) is 11.3 Å². The van der Waals surface area contributed by atoms with Crippen molar-refractivity contribution in [2.45, 2.75) is 52.2 Å². The lowest BCUT2D eigenvalue weighted by Gasteiger charge is -2.32. The molecule has 1 aliphatic heterocycles. The molecule has 128 valence electrons. The van der Waals surface area contributed by atoms with E-state index < -0.39 is 0 Å². The maximum atomic E-state index is 11.7. The third kappa shape index (κ3) is 3.10. The van der Waals surface area contributed by atoms with Gasteiger partial charge in [0.1, 0.15) is 0 Å². The number of benzene rings is 1. The van der Waals surface area contributed by atoms with Crippen molar-refractivity contribution in [1.82, 2.24) is 0 Å². The van der Waals surface area contributed by atoms with Crippen LogP contribution in [-0.2, 0) is 25.3 Å². The molecule has 6 heteroatoms. The number of fused-ring (bicyclic) bond motifs is 1. The molecular formula is C18H23BO4S. The van der Waals surface area contributed by atoms with Crippen LogP contribution in [0.4, 0.5) is 0 Å². The molecule has 1 aromatic carbocycles. The van der Waals surface area contributed by atoms with Crippen molar-refractivity contribution in [2.24, 2.45) is 0 Å². The minimum atomic E-state index is -0.366. The Hall–Kier alpha value is -1.37. The number of rotatable bonds is 4. The highest BCUT2D eigenvalue weighted by atomic mass is 32.1. The molecule has 2 aromatic rings. The van der Waals surface area contributed by atoms with Crippen LogP contribution >= 0.6 is 11.3 Å². The number of hydrogen-bond donors (Lipinski definition) is 0. The standard InChI is InChI=1S/C18H23BO4S/c1-6-21-16(20)9-12-11-24-15-10-13(7-8-14(12)15)19-22-17(2,3)18(4,5)23-19/h7-8,10-11H,6,9H2,1-5H3. The van der Waals surface area contributed by atoms with Gasteiger partial charge in [-0.2, -0.15) is 0 Å². The molecule has 1 saturated heterocycles. The van der Waals surface area contributed by atoms with Gasteiger partial charge in [0.05, 0.1) is 24.2 Å². The quantitative estimate of drug-likeness (QED) is 0.629. The van der Waals surface area contributed by atoms with E-state index in [0.29, 0.717) is 13.0 Å². The highest BCUT2D eigenvalue weighted by molar-refractivity contribution is 7.17. The zero-order valence-corrected chi connectivity index (χ0v) is 15.7. The van der Waals surface area contributed by atoms with Crippen LogP contribution in [0.25, 0.3) is 10.1 Å². The zero-order chi connectivity index (χ0) is 17.5. The van der Waals surface area contributed by atoms with E-state index in [9.17, 15) is 4.79 Å². The van der Waals surface area contributed by atoms with Gasteiger partial charge in [-0.05, 0) is 62.5 Å². The molecule has 3 rings (SSSR count). The normalized spacial score (nSPS) is 19.0. The second kappa shape index (κ2) is 6.17. The molecule has 1 fully saturated rings. The Labute approximate surface area is 147 Å². The van der Waals surface area contributed by atoms with Crippen LogP contribution in [0.2, 0.25) is 0 Å². The van der Waals surface area contributed by atoms with Gasteiger partial charge in [0.15, 0.2) is 0 Å². The molecule has 0 atom stereocenters. The van der Waals surface area contributed by atoms with Gasteiger partial charge < -0.3 is 14.0 Å². The first-order valence-electron chi connectivity index (χ1n) is 8.25. The van der Waals surface area contributed by atoms with Gasteiger partial charge in [-0.3, -0.25) is 4.79 Å². The van der Waals surface area contributed by atoms with Crippen molar-refractivity contribution >= 4 is 40.0 Å². The summed E-state index contributed by atoms with van der Waals surface area (Å²) in [6.07, 6.45) is 0.309. The molecule has 0 spiro atoms. The summed E-state index contributed by atoms with van der Waals surface area (Å²) < 4.78 is 18.4. The van der Waals surface area contributed by atoms with Crippen molar-refractivity contribution in [1.29, 1.82) is 0 Å². The fourth-order valence-corrected chi connectivity index (χ4v) is 3.74. The van der Waals surface area contributed by atoms with Crippen molar-refractivity contribution < 1.29 is 18.8 Å². The number of esters is 1. The first-order valence-corrected chi connectivity index (χ1v) is 9.13. The van der Waals surface area contributed by atoms with E-state index in [2.05, 4.69) is 6.07 Å². The van der Waals surface area contributed by atoms with Crippen LogP contribution < -0.4 is 5.46 Å². The van der Waals surface area contributed by atoms with Crippen molar-refractivity contribution in [3.05, 3.63) is 29.1 Å². The molecule has 0 amide bonds. The van der Waals surface area contributed by atoms with Gasteiger partial charge in [0.2, 0.25) is 0 Å². The predicted octanol–water partition coefficient (Wildman–Crippen LogP) is 3.31. The fourth-order valence-electron chi connectivity index (χ4n) is 2.73. The van der Waals surface area contributed by atoms with Crippen LogP contribution in [0.5, 0.6) is 0 Å². The molecule has 4 nitrogen and oxygen atoms in total. The molecule has 1 aliphatic rings. The molecule has 0 saturated carbocycles. The van der Waals surface area contributed by atoms with Gasteiger partial charge in [-0.25, -0.2) is 0 Å². The molecule has 24 heavy (non-hydrogen) atoms. The minimum absolute atomic E-state index is 0.188. The SMILES string of the molecule is CCOC(=O)Cc1csc2cc(B3OC(C)(C)C(C)(C)O3)ccc12. The van der Waals surface area contributed by atoms with Gasteiger partial charge in [0.25, 0.3) is 0 Å². The Morgan fingerprint density at radius 3 is 2.50 bits per heavy atom. The molecule has 0 N–H and O–H groups in total. The van der Waals surface area contributed by atoms with Gasteiger partial charge >= 0.3 is 13.1 Å². The predicted molar refractivity (Wildman–Crippen MR) is 97.9 cm³/mol. The van der Waals surface area contributed by atoms with E-state index in [1.165, 1.54) is 0 Å². The summed E-state index contributed by atoms with van der Waals surface area (Å²) in [5, 5.41) is 3.11. The Bertz CT molecular complexity index is 749. The third-order valence-corrected chi connectivity index (χ3v) is 5.84. The van der Waals surface area contributed by atoms with E-state index in [4.69, 9.17) is 14.0 Å². The minimum Gasteiger partial charge on any atom is -0.466 e. The largest absolute Gasteiger partial charge is 0.494 e. The first kappa shape index (κ1) is 17.5. The average molecular weight is 346 g/mol. The summed E-state index contributed by atoms with van der Waals surface area (Å²) in [7, 11) is -0.366. The molecule has 1 aromatic heterocycles. The first-order chi connectivity index (χ1) is 11.2. The molecule has 0 unspecified atom stereocenters. The number of hydrogen-bond acceptors (Lipinski definition) is 5. The average Bonchev–Trinajstić information content (AvgIpc) is 2.97. The number of carbonyl (C=O) groups is 1. The third-order valence-electron chi connectivity index (χ3n) is 4.85. The maximum absolute atomic E-state index is 11.7. The number of ether oxygens (including phenoxy) is 1. The molecule has 2 heterocycles. The van der Waals surface area contributed by atoms with Crippen molar-refractivity contribution in [2.75, 3.05) is 6.61 Å². The van der Waals surface area contributed by atoms with Crippen molar-refractivity contribution in [3.8, 4) is 0 Å². The Balaban J connectivity index is 1.85. The Kier molecular flexibility index (Phi) is 4.49. The second-order valence-electron chi connectivity index (χ2n) is 7.09. The summed E-state index contributed by atoms with van der Waals surface area (Å²) in [6, 6.07) is 6.16. The lowest BCUT2D eigenvalue weighted by Crippen LogP contribution is -2.41. The van der Waals surface area contributed by atoms with Crippen LogP contribution in [0.15, 0.2) is 23.6 Å². The summed E-state index contributed by atoms with van der Waals surface area (Å²) in [6.45, 7) is 10.4. The number of carbonyl (C=O) groups excluding carboxylic acids is 1. The van der Waals surface area contributed by atoms with Crippen molar-refractivity contribution in [3.63, 3.8) is 0 Å². The van der Waals surface area contributed by atoms with E-state index >= 15 is 0 Å². The monoisotopic (exact) mass is 346 g/mol. The number of thiophene rings is 1. The van der Waals surface area contributed by atoms with Crippen LogP contribution in [0.1, 0.15) is 40.2 Å². The highest BCUT2D eigenvalue weighted by Gasteiger charge is 2.51. The molecule has 0 bridgehead atoms. The van der Waals surface area contributed by atoms with Crippen LogP contribution in [0, 0.1) is 0 Å². The Morgan fingerprint density at radius 1 is 1.21 bits per heavy atom. The van der Waals surface area contributed by atoms with E-state index in [0.717, 1.165) is 21.1 Å². The molecule has 0 aliphatic carbocycles. The lowest BCUT2D eigenvalue weighted by molar-refractivity contribution is -0.142. The lowest BCUT2D eigenvalue weighted by atomic mass is 9.79. The molecular weight excluding hydrogens is 323 g/mol. The zero-order valence-electron chi connectivity index (χ0n) is 14.8. The van der Waals surface area contributed by atoms with Crippen LogP contribution in [0.3, 0.4) is 0 Å². The summed E-state index contributed by atoms with van der Waals surface area (Å²) in [5.41, 5.74) is 1.31. The maximum Gasteiger partial charge on any atom is 0.494 e. The van der Waals surface area contributed by atoms with Crippen LogP contribution in [-0.4, -0.2) is 30.9 Å². The fraction of sp³-hybridized carbons (Fsp3) is 0.500. The molecule has 0 radical (unpaired) electrons. The topological polar surface area (TPSA) is 44.8 Å².